The summed E-state index contributed by atoms with van der Waals surface area (Å²) in [6.45, 7) is 9.86. The quantitative estimate of drug-likeness (QED) is 0.681. The predicted molar refractivity (Wildman–Crippen MR) is 107 cm³/mol. The van der Waals surface area contributed by atoms with Crippen molar-refractivity contribution in [2.45, 2.75) is 76.9 Å². The van der Waals surface area contributed by atoms with Crippen molar-refractivity contribution in [3.8, 4) is 0 Å². The molecule has 1 aliphatic carbocycles. The molecule has 2 aliphatic rings. The van der Waals surface area contributed by atoms with Crippen molar-refractivity contribution in [3.63, 3.8) is 0 Å². The number of carbonyl (C=O) groups is 1. The number of hydrogen-bond donors (Lipinski definition) is 0. The van der Waals surface area contributed by atoms with Crippen LogP contribution in [-0.2, 0) is 14.9 Å². The molecule has 1 saturated heterocycles. The standard InChI is InChI=1S/C22H32ClNO2/c1-16(25)24(20-11-14-26-21(2,3)15-20)13-12-22(4,17-5-6-17)18-7-9-19(23)10-8-18/h7-10,17,20H,5-6,11-15H2,1-4H3/t20-,22-/m0/s1. The Bertz CT molecular complexity index is 638. The third-order valence-electron chi connectivity index (χ3n) is 6.37. The summed E-state index contributed by atoms with van der Waals surface area (Å²) in [6, 6.07) is 8.58. The molecule has 0 unspecified atom stereocenters. The number of nitrogens with zero attached hydrogens (tertiary/aromatic N) is 1. The van der Waals surface area contributed by atoms with E-state index >= 15 is 0 Å². The van der Waals surface area contributed by atoms with E-state index in [1.807, 2.05) is 12.1 Å². The fourth-order valence-electron chi connectivity index (χ4n) is 4.55. The number of carbonyl (C=O) groups excluding carboxylic acids is 1. The second kappa shape index (κ2) is 7.52. The van der Waals surface area contributed by atoms with Gasteiger partial charge in [0, 0.05) is 31.1 Å². The van der Waals surface area contributed by atoms with E-state index in [1.54, 1.807) is 6.92 Å². The number of halogens is 1. The summed E-state index contributed by atoms with van der Waals surface area (Å²) in [6.07, 6.45) is 5.40. The van der Waals surface area contributed by atoms with Gasteiger partial charge in [0.15, 0.2) is 0 Å². The Morgan fingerprint density at radius 3 is 2.46 bits per heavy atom. The number of amides is 1. The molecule has 144 valence electrons. The summed E-state index contributed by atoms with van der Waals surface area (Å²) in [5.74, 6) is 0.894. The molecule has 0 spiro atoms. The van der Waals surface area contributed by atoms with E-state index in [0.717, 1.165) is 37.4 Å². The molecule has 0 N–H and O–H groups in total. The Balaban J connectivity index is 1.74. The number of hydrogen-bond acceptors (Lipinski definition) is 2. The van der Waals surface area contributed by atoms with Crippen molar-refractivity contribution >= 4 is 17.5 Å². The first-order valence-corrected chi connectivity index (χ1v) is 10.3. The summed E-state index contributed by atoms with van der Waals surface area (Å²) in [5.41, 5.74) is 1.31. The molecule has 2 fully saturated rings. The molecule has 0 aromatic heterocycles. The molecule has 0 radical (unpaired) electrons. The molecule has 1 amide bonds. The highest BCUT2D eigenvalue weighted by atomic mass is 35.5. The Kier molecular flexibility index (Phi) is 5.69. The summed E-state index contributed by atoms with van der Waals surface area (Å²) in [5, 5.41) is 0.779. The Labute approximate surface area is 163 Å². The van der Waals surface area contributed by atoms with Gasteiger partial charge in [0.1, 0.15) is 0 Å². The van der Waals surface area contributed by atoms with Gasteiger partial charge < -0.3 is 9.64 Å². The molecular weight excluding hydrogens is 346 g/mol. The SMILES string of the molecule is CC(=O)N(CC[C@](C)(c1ccc(Cl)cc1)C1CC1)[C@H]1CCOC(C)(C)C1. The van der Waals surface area contributed by atoms with Crippen LogP contribution in [0, 0.1) is 5.92 Å². The lowest BCUT2D eigenvalue weighted by Gasteiger charge is -2.42. The van der Waals surface area contributed by atoms with Gasteiger partial charge in [-0.3, -0.25) is 4.79 Å². The highest BCUT2D eigenvalue weighted by Crippen LogP contribution is 2.49. The predicted octanol–water partition coefficient (Wildman–Crippen LogP) is 5.20. The zero-order valence-electron chi connectivity index (χ0n) is 16.6. The van der Waals surface area contributed by atoms with E-state index in [9.17, 15) is 4.79 Å². The van der Waals surface area contributed by atoms with Crippen LogP contribution in [0.4, 0.5) is 0 Å². The second-order valence-electron chi connectivity index (χ2n) is 8.92. The van der Waals surface area contributed by atoms with E-state index in [0.29, 0.717) is 5.92 Å². The van der Waals surface area contributed by atoms with Gasteiger partial charge in [-0.05, 0) is 75.0 Å². The fraction of sp³-hybridized carbons (Fsp3) is 0.682. The van der Waals surface area contributed by atoms with Crippen LogP contribution in [0.25, 0.3) is 0 Å². The van der Waals surface area contributed by atoms with Gasteiger partial charge in [-0.15, -0.1) is 0 Å². The largest absolute Gasteiger partial charge is 0.375 e. The molecule has 1 heterocycles. The van der Waals surface area contributed by atoms with Crippen molar-refractivity contribution in [3.05, 3.63) is 34.9 Å². The minimum Gasteiger partial charge on any atom is -0.375 e. The minimum atomic E-state index is -0.146. The minimum absolute atomic E-state index is 0.110. The first-order chi connectivity index (χ1) is 12.2. The van der Waals surface area contributed by atoms with Crippen LogP contribution in [0.15, 0.2) is 24.3 Å². The van der Waals surface area contributed by atoms with Crippen molar-refractivity contribution < 1.29 is 9.53 Å². The highest BCUT2D eigenvalue weighted by molar-refractivity contribution is 6.30. The molecule has 1 aromatic carbocycles. The summed E-state index contributed by atoms with van der Waals surface area (Å²) in [4.78, 5) is 14.5. The molecule has 1 saturated carbocycles. The third-order valence-corrected chi connectivity index (χ3v) is 6.62. The molecular formula is C22H32ClNO2. The van der Waals surface area contributed by atoms with E-state index in [1.165, 1.54) is 18.4 Å². The maximum Gasteiger partial charge on any atom is 0.219 e. The molecule has 3 rings (SSSR count). The monoisotopic (exact) mass is 377 g/mol. The maximum absolute atomic E-state index is 12.4. The van der Waals surface area contributed by atoms with E-state index in [-0.39, 0.29) is 23.0 Å². The zero-order valence-corrected chi connectivity index (χ0v) is 17.3. The van der Waals surface area contributed by atoms with Gasteiger partial charge in [-0.1, -0.05) is 30.7 Å². The van der Waals surface area contributed by atoms with Gasteiger partial charge in [0.2, 0.25) is 5.91 Å². The topological polar surface area (TPSA) is 29.5 Å². The van der Waals surface area contributed by atoms with E-state index in [2.05, 4.69) is 37.8 Å². The lowest BCUT2D eigenvalue weighted by Crippen LogP contribution is -2.49. The zero-order chi connectivity index (χ0) is 18.9. The lowest BCUT2D eigenvalue weighted by atomic mass is 9.75. The van der Waals surface area contributed by atoms with Crippen molar-refractivity contribution in [2.24, 2.45) is 5.92 Å². The summed E-state index contributed by atoms with van der Waals surface area (Å²) in [7, 11) is 0. The number of ether oxygens (including phenoxy) is 1. The highest BCUT2D eigenvalue weighted by Gasteiger charge is 2.43. The molecule has 2 atom stereocenters. The van der Waals surface area contributed by atoms with Crippen molar-refractivity contribution in [2.75, 3.05) is 13.2 Å². The summed E-state index contributed by atoms with van der Waals surface area (Å²) < 4.78 is 5.85. The van der Waals surface area contributed by atoms with E-state index in [4.69, 9.17) is 16.3 Å². The van der Waals surface area contributed by atoms with Gasteiger partial charge in [-0.2, -0.15) is 0 Å². The van der Waals surface area contributed by atoms with Gasteiger partial charge in [0.25, 0.3) is 0 Å². The van der Waals surface area contributed by atoms with Crippen LogP contribution in [0.1, 0.15) is 65.4 Å². The van der Waals surface area contributed by atoms with E-state index < -0.39 is 0 Å². The molecule has 1 aliphatic heterocycles. The Morgan fingerprint density at radius 2 is 1.92 bits per heavy atom. The van der Waals surface area contributed by atoms with Crippen molar-refractivity contribution in [1.82, 2.24) is 4.90 Å². The van der Waals surface area contributed by atoms with Crippen LogP contribution >= 0.6 is 11.6 Å². The first-order valence-electron chi connectivity index (χ1n) is 9.88. The molecule has 4 heteroatoms. The molecule has 3 nitrogen and oxygen atoms in total. The van der Waals surface area contributed by atoms with Crippen LogP contribution in [0.3, 0.4) is 0 Å². The number of benzene rings is 1. The average Bonchev–Trinajstić information content (AvgIpc) is 3.39. The van der Waals surface area contributed by atoms with Gasteiger partial charge >= 0.3 is 0 Å². The molecule has 26 heavy (non-hydrogen) atoms. The maximum atomic E-state index is 12.4. The normalized spacial score (nSPS) is 24.7. The van der Waals surface area contributed by atoms with Crippen LogP contribution in [0.2, 0.25) is 5.02 Å². The second-order valence-corrected chi connectivity index (χ2v) is 9.35. The smallest absolute Gasteiger partial charge is 0.219 e. The first kappa shape index (κ1) is 19.7. The number of rotatable bonds is 6. The fourth-order valence-corrected chi connectivity index (χ4v) is 4.68. The Hall–Kier alpha value is -1.06. The van der Waals surface area contributed by atoms with Crippen molar-refractivity contribution in [1.29, 1.82) is 0 Å². The van der Waals surface area contributed by atoms with Gasteiger partial charge in [0.05, 0.1) is 5.60 Å². The summed E-state index contributed by atoms with van der Waals surface area (Å²) >= 11 is 6.09. The third kappa shape index (κ3) is 4.43. The molecule has 1 aromatic rings. The van der Waals surface area contributed by atoms with Crippen LogP contribution < -0.4 is 0 Å². The Morgan fingerprint density at radius 1 is 1.27 bits per heavy atom. The molecule has 0 bridgehead atoms. The van der Waals surface area contributed by atoms with Crippen LogP contribution in [-0.4, -0.2) is 35.6 Å². The lowest BCUT2D eigenvalue weighted by molar-refractivity contribution is -0.138. The van der Waals surface area contributed by atoms with Gasteiger partial charge in [-0.25, -0.2) is 0 Å². The average molecular weight is 378 g/mol. The van der Waals surface area contributed by atoms with Crippen LogP contribution in [0.5, 0.6) is 0 Å².